The summed E-state index contributed by atoms with van der Waals surface area (Å²) in [6.07, 6.45) is 1.96. The first-order chi connectivity index (χ1) is 14.5. The van der Waals surface area contributed by atoms with E-state index >= 15 is 0 Å². The van der Waals surface area contributed by atoms with E-state index in [1.54, 1.807) is 13.8 Å². The van der Waals surface area contributed by atoms with Crippen LogP contribution in [0.15, 0.2) is 54.6 Å². The Morgan fingerprint density at radius 1 is 1.10 bits per heavy atom. The number of nitrogens with zero attached hydrogens (tertiary/aromatic N) is 3. The SMILES string of the molecule is Cc1nn(-c2ccccc2)nc1C(=O)O[C@H](C)C(=O)N[C@H]1CCCc2ccccc21. The molecule has 1 heterocycles. The Morgan fingerprint density at radius 2 is 1.83 bits per heavy atom. The molecule has 0 unspecified atom stereocenters. The van der Waals surface area contributed by atoms with Crippen LogP contribution in [0, 0.1) is 6.92 Å². The number of benzene rings is 2. The van der Waals surface area contributed by atoms with Crippen molar-refractivity contribution in [2.24, 2.45) is 0 Å². The quantitative estimate of drug-likeness (QED) is 0.660. The predicted molar refractivity (Wildman–Crippen MR) is 111 cm³/mol. The van der Waals surface area contributed by atoms with E-state index in [4.69, 9.17) is 4.74 Å². The predicted octanol–water partition coefficient (Wildman–Crippen LogP) is 3.31. The first-order valence-electron chi connectivity index (χ1n) is 10.1. The molecule has 0 bridgehead atoms. The molecule has 30 heavy (non-hydrogen) atoms. The molecule has 0 aliphatic heterocycles. The molecule has 0 fully saturated rings. The third kappa shape index (κ3) is 4.10. The third-order valence-corrected chi connectivity index (χ3v) is 5.30. The van der Waals surface area contributed by atoms with E-state index in [0.717, 1.165) is 30.5 Å². The van der Waals surface area contributed by atoms with Crippen LogP contribution in [0.3, 0.4) is 0 Å². The number of hydrogen-bond acceptors (Lipinski definition) is 5. The number of nitrogens with one attached hydrogen (secondary N) is 1. The minimum absolute atomic E-state index is 0.0655. The number of aromatic nitrogens is 3. The maximum Gasteiger partial charge on any atom is 0.361 e. The van der Waals surface area contributed by atoms with Gasteiger partial charge in [-0.3, -0.25) is 4.79 Å². The second-order valence-electron chi connectivity index (χ2n) is 7.46. The largest absolute Gasteiger partial charge is 0.448 e. The number of para-hydroxylation sites is 1. The molecule has 154 valence electrons. The minimum atomic E-state index is -0.937. The van der Waals surface area contributed by atoms with Crippen LogP contribution >= 0.6 is 0 Å². The van der Waals surface area contributed by atoms with Gasteiger partial charge in [-0.1, -0.05) is 42.5 Å². The number of amides is 1. The van der Waals surface area contributed by atoms with E-state index in [9.17, 15) is 9.59 Å². The summed E-state index contributed by atoms with van der Waals surface area (Å²) in [7, 11) is 0. The molecule has 0 radical (unpaired) electrons. The van der Waals surface area contributed by atoms with E-state index in [1.807, 2.05) is 48.5 Å². The van der Waals surface area contributed by atoms with Crippen molar-refractivity contribution < 1.29 is 14.3 Å². The molecule has 0 spiro atoms. The van der Waals surface area contributed by atoms with Gasteiger partial charge in [0.05, 0.1) is 17.4 Å². The van der Waals surface area contributed by atoms with Crippen molar-refractivity contribution in [2.75, 3.05) is 0 Å². The van der Waals surface area contributed by atoms with Crippen molar-refractivity contribution in [3.05, 3.63) is 77.1 Å². The number of rotatable bonds is 5. The second kappa shape index (κ2) is 8.49. The second-order valence-corrected chi connectivity index (χ2v) is 7.46. The smallest absolute Gasteiger partial charge is 0.361 e. The lowest BCUT2D eigenvalue weighted by Gasteiger charge is -2.27. The summed E-state index contributed by atoms with van der Waals surface area (Å²) in [6.45, 7) is 3.26. The van der Waals surface area contributed by atoms with E-state index in [2.05, 4.69) is 21.6 Å². The highest BCUT2D eigenvalue weighted by Crippen LogP contribution is 2.29. The van der Waals surface area contributed by atoms with Crippen molar-refractivity contribution in [3.63, 3.8) is 0 Å². The highest BCUT2D eigenvalue weighted by atomic mass is 16.5. The van der Waals surface area contributed by atoms with Crippen LogP contribution in [0.2, 0.25) is 0 Å². The molecule has 2 atom stereocenters. The molecule has 2 aromatic carbocycles. The van der Waals surface area contributed by atoms with Crippen molar-refractivity contribution in [1.82, 2.24) is 20.3 Å². The molecule has 7 heteroatoms. The highest BCUT2D eigenvalue weighted by molar-refractivity contribution is 5.91. The third-order valence-electron chi connectivity index (χ3n) is 5.30. The number of carbonyl (C=O) groups excluding carboxylic acids is 2. The van der Waals surface area contributed by atoms with Gasteiger partial charge in [0.1, 0.15) is 0 Å². The first-order valence-corrected chi connectivity index (χ1v) is 10.1. The molecule has 1 aliphatic rings. The first kappa shape index (κ1) is 19.8. The zero-order chi connectivity index (χ0) is 21.1. The van der Waals surface area contributed by atoms with Gasteiger partial charge in [0.2, 0.25) is 0 Å². The minimum Gasteiger partial charge on any atom is -0.448 e. The molecule has 1 aliphatic carbocycles. The maximum atomic E-state index is 12.7. The van der Waals surface area contributed by atoms with E-state index in [1.165, 1.54) is 10.4 Å². The van der Waals surface area contributed by atoms with Crippen molar-refractivity contribution in [1.29, 1.82) is 0 Å². The topological polar surface area (TPSA) is 86.1 Å². The van der Waals surface area contributed by atoms with Crippen molar-refractivity contribution in [3.8, 4) is 5.69 Å². The zero-order valence-corrected chi connectivity index (χ0v) is 17.0. The van der Waals surface area contributed by atoms with Crippen molar-refractivity contribution in [2.45, 2.75) is 45.3 Å². The molecule has 0 saturated carbocycles. The van der Waals surface area contributed by atoms with E-state index in [-0.39, 0.29) is 17.6 Å². The van der Waals surface area contributed by atoms with Gasteiger partial charge in [-0.05, 0) is 56.4 Å². The van der Waals surface area contributed by atoms with Gasteiger partial charge in [0.25, 0.3) is 5.91 Å². The van der Waals surface area contributed by atoms with E-state index in [0.29, 0.717) is 5.69 Å². The van der Waals surface area contributed by atoms with Crippen molar-refractivity contribution >= 4 is 11.9 Å². The summed E-state index contributed by atoms with van der Waals surface area (Å²) in [5, 5.41) is 11.5. The summed E-state index contributed by atoms with van der Waals surface area (Å²) >= 11 is 0. The molecule has 1 aromatic heterocycles. The number of aryl methyl sites for hydroxylation is 2. The molecular weight excluding hydrogens is 380 g/mol. The zero-order valence-electron chi connectivity index (χ0n) is 17.0. The summed E-state index contributed by atoms with van der Waals surface area (Å²) < 4.78 is 5.39. The molecule has 0 saturated heterocycles. The maximum absolute atomic E-state index is 12.7. The Labute approximate surface area is 175 Å². The van der Waals surface area contributed by atoms with Gasteiger partial charge >= 0.3 is 5.97 Å². The van der Waals surface area contributed by atoms with Gasteiger partial charge < -0.3 is 10.1 Å². The Hall–Kier alpha value is -3.48. The summed E-state index contributed by atoms with van der Waals surface area (Å²) in [6, 6.07) is 17.4. The number of esters is 1. The fourth-order valence-electron chi connectivity index (χ4n) is 3.71. The van der Waals surface area contributed by atoms with Crippen LogP contribution in [-0.4, -0.2) is 33.0 Å². The Kier molecular flexibility index (Phi) is 5.61. The summed E-state index contributed by atoms with van der Waals surface area (Å²) in [5.74, 6) is -0.987. The van der Waals surface area contributed by atoms with Gasteiger partial charge in [-0.25, -0.2) is 4.79 Å². The monoisotopic (exact) mass is 404 g/mol. The van der Waals surface area contributed by atoms with E-state index < -0.39 is 12.1 Å². The Bertz CT molecular complexity index is 1060. The number of fused-ring (bicyclic) bond motifs is 1. The average molecular weight is 404 g/mol. The summed E-state index contributed by atoms with van der Waals surface area (Å²) in [5.41, 5.74) is 3.67. The number of carbonyl (C=O) groups is 2. The molecule has 1 N–H and O–H groups in total. The average Bonchev–Trinajstić information content (AvgIpc) is 3.16. The van der Waals surface area contributed by atoms with Gasteiger partial charge in [0.15, 0.2) is 11.8 Å². The number of hydrogen-bond donors (Lipinski definition) is 1. The van der Waals surface area contributed by atoms with Crippen LogP contribution < -0.4 is 5.32 Å². The lowest BCUT2D eigenvalue weighted by Crippen LogP contribution is -2.39. The molecule has 1 amide bonds. The normalized spacial score (nSPS) is 16.4. The highest BCUT2D eigenvalue weighted by Gasteiger charge is 2.27. The van der Waals surface area contributed by atoms with Crippen LogP contribution in [0.4, 0.5) is 0 Å². The Morgan fingerprint density at radius 3 is 2.63 bits per heavy atom. The van der Waals surface area contributed by atoms with Gasteiger partial charge in [0, 0.05) is 0 Å². The lowest BCUT2D eigenvalue weighted by molar-refractivity contribution is -0.130. The fourth-order valence-corrected chi connectivity index (χ4v) is 3.71. The van der Waals surface area contributed by atoms with Crippen LogP contribution in [0.25, 0.3) is 5.69 Å². The molecule has 3 aromatic rings. The lowest BCUT2D eigenvalue weighted by atomic mass is 9.87. The van der Waals surface area contributed by atoms with Crippen LogP contribution in [-0.2, 0) is 16.0 Å². The van der Waals surface area contributed by atoms with Gasteiger partial charge in [-0.15, -0.1) is 5.10 Å². The summed E-state index contributed by atoms with van der Waals surface area (Å²) in [4.78, 5) is 26.7. The Balaban J connectivity index is 1.42. The van der Waals surface area contributed by atoms with Crippen LogP contribution in [0.1, 0.15) is 53.1 Å². The van der Waals surface area contributed by atoms with Gasteiger partial charge in [-0.2, -0.15) is 9.90 Å². The molecule has 4 rings (SSSR count). The fraction of sp³-hybridized carbons (Fsp3) is 0.304. The molecule has 7 nitrogen and oxygen atoms in total. The number of ether oxygens (including phenoxy) is 1. The molecular formula is C23H24N4O3. The standard InChI is InChI=1S/C23H24N4O3/c1-15-21(26-27(25-15)18-11-4-3-5-12-18)23(29)30-16(2)22(28)24-20-14-8-10-17-9-6-7-13-19(17)20/h3-7,9,11-13,16,20H,8,10,14H2,1-2H3,(H,24,28)/t16-,20+/m1/s1. The van der Waals surface area contributed by atoms with Crippen LogP contribution in [0.5, 0.6) is 0 Å².